The monoisotopic (exact) mass is 355 g/mol. The molecule has 3 nitrogen and oxygen atoms in total. The molecule has 0 heterocycles. The Morgan fingerprint density at radius 3 is 2.45 bits per heavy atom. The molecule has 0 amide bonds. The second kappa shape index (κ2) is 6.97. The Kier molecular flexibility index (Phi) is 5.29. The van der Waals surface area contributed by atoms with Crippen molar-refractivity contribution < 1.29 is 9.47 Å². The zero-order chi connectivity index (χ0) is 14.5. The maximum absolute atomic E-state index is 5.94. The first-order chi connectivity index (χ1) is 9.63. The normalized spacial score (nSPS) is 12.0. The topological polar surface area (TPSA) is 44.5 Å². The maximum atomic E-state index is 5.94. The fourth-order valence-electron chi connectivity index (χ4n) is 1.79. The Bertz CT molecular complexity index is 575. The van der Waals surface area contributed by atoms with Crippen LogP contribution in [-0.2, 0) is 0 Å². The Morgan fingerprint density at radius 2 is 1.90 bits per heavy atom. The number of rotatable bonds is 5. The second-order valence-electron chi connectivity index (χ2n) is 4.19. The van der Waals surface area contributed by atoms with Crippen LogP contribution in [0, 0.1) is 0 Å². The minimum Gasteiger partial charge on any atom is -0.497 e. The molecule has 0 aliphatic heterocycles. The molecule has 0 fully saturated rings. The molecule has 106 valence electrons. The minimum absolute atomic E-state index is 0.224. The first-order valence-electron chi connectivity index (χ1n) is 6.09. The van der Waals surface area contributed by atoms with Crippen molar-refractivity contribution >= 4 is 27.5 Å². The predicted octanol–water partition coefficient (Wildman–Crippen LogP) is 4.19. The lowest BCUT2D eigenvalue weighted by Crippen LogP contribution is -2.18. The van der Waals surface area contributed by atoms with Gasteiger partial charge in [-0.1, -0.05) is 23.7 Å². The van der Waals surface area contributed by atoms with Gasteiger partial charge in [-0.2, -0.15) is 0 Å². The number of methoxy groups -OCH3 is 1. The maximum Gasteiger partial charge on any atom is 0.136 e. The van der Waals surface area contributed by atoms with Crippen molar-refractivity contribution in [1.82, 2.24) is 0 Å². The third kappa shape index (κ3) is 3.66. The van der Waals surface area contributed by atoms with Gasteiger partial charge in [-0.25, -0.2) is 0 Å². The van der Waals surface area contributed by atoms with Crippen molar-refractivity contribution in [1.29, 1.82) is 0 Å². The average Bonchev–Trinajstić information content (AvgIpc) is 2.47. The summed E-state index contributed by atoms with van der Waals surface area (Å²) >= 11 is 9.34. The van der Waals surface area contributed by atoms with E-state index in [1.807, 2.05) is 30.3 Å². The quantitative estimate of drug-likeness (QED) is 0.873. The fourth-order valence-corrected chi connectivity index (χ4v) is 2.57. The van der Waals surface area contributed by atoms with Gasteiger partial charge in [0.1, 0.15) is 17.6 Å². The van der Waals surface area contributed by atoms with E-state index in [4.69, 9.17) is 26.8 Å². The van der Waals surface area contributed by atoms with Crippen molar-refractivity contribution in [3.63, 3.8) is 0 Å². The molecule has 20 heavy (non-hydrogen) atoms. The van der Waals surface area contributed by atoms with Gasteiger partial charge in [0, 0.05) is 11.6 Å². The number of ether oxygens (including phenoxy) is 2. The lowest BCUT2D eigenvalue weighted by atomic mass is 10.1. The van der Waals surface area contributed by atoms with E-state index in [2.05, 4.69) is 15.9 Å². The Balaban J connectivity index is 2.19. The SMILES string of the molecule is COc1ccc(C(CN)Oc2ccc(Cl)cc2Br)cc1. The smallest absolute Gasteiger partial charge is 0.136 e. The van der Waals surface area contributed by atoms with Crippen LogP contribution in [-0.4, -0.2) is 13.7 Å². The lowest BCUT2D eigenvalue weighted by molar-refractivity contribution is 0.212. The van der Waals surface area contributed by atoms with Crippen molar-refractivity contribution in [3.8, 4) is 11.5 Å². The summed E-state index contributed by atoms with van der Waals surface area (Å²) in [4.78, 5) is 0. The van der Waals surface area contributed by atoms with E-state index in [9.17, 15) is 0 Å². The van der Waals surface area contributed by atoms with E-state index in [0.717, 1.165) is 15.8 Å². The van der Waals surface area contributed by atoms with Gasteiger partial charge in [0.2, 0.25) is 0 Å². The molecule has 0 aromatic heterocycles. The molecule has 5 heteroatoms. The highest BCUT2D eigenvalue weighted by Gasteiger charge is 2.13. The van der Waals surface area contributed by atoms with Crippen LogP contribution >= 0.6 is 27.5 Å². The number of hydrogen-bond acceptors (Lipinski definition) is 3. The van der Waals surface area contributed by atoms with Crippen molar-refractivity contribution in [2.24, 2.45) is 5.73 Å². The van der Waals surface area contributed by atoms with Crippen LogP contribution in [0.5, 0.6) is 11.5 Å². The molecule has 0 aliphatic rings. The van der Waals surface area contributed by atoms with Crippen LogP contribution in [0.4, 0.5) is 0 Å². The summed E-state index contributed by atoms with van der Waals surface area (Å²) in [6.07, 6.45) is -0.224. The molecular weight excluding hydrogens is 342 g/mol. The molecule has 0 spiro atoms. The largest absolute Gasteiger partial charge is 0.497 e. The molecule has 1 unspecified atom stereocenters. The lowest BCUT2D eigenvalue weighted by Gasteiger charge is -2.19. The van der Waals surface area contributed by atoms with E-state index in [1.165, 1.54) is 0 Å². The van der Waals surface area contributed by atoms with Crippen molar-refractivity contribution in [2.75, 3.05) is 13.7 Å². The summed E-state index contributed by atoms with van der Waals surface area (Å²) in [5.41, 5.74) is 6.80. The number of benzene rings is 2. The van der Waals surface area contributed by atoms with Crippen LogP contribution in [0.1, 0.15) is 11.7 Å². The molecule has 2 aromatic carbocycles. The molecule has 0 saturated carbocycles. The summed E-state index contributed by atoms with van der Waals surface area (Å²) in [5.74, 6) is 1.51. The zero-order valence-electron chi connectivity index (χ0n) is 11.0. The second-order valence-corrected chi connectivity index (χ2v) is 5.48. The van der Waals surface area contributed by atoms with Gasteiger partial charge < -0.3 is 15.2 Å². The number of halogens is 2. The molecule has 0 radical (unpaired) electrons. The van der Waals surface area contributed by atoms with Crippen LogP contribution in [0.2, 0.25) is 5.02 Å². The molecule has 2 aromatic rings. The number of hydrogen-bond donors (Lipinski definition) is 1. The van der Waals surface area contributed by atoms with Gasteiger partial charge in [-0.3, -0.25) is 0 Å². The minimum atomic E-state index is -0.224. The predicted molar refractivity (Wildman–Crippen MR) is 84.6 cm³/mol. The zero-order valence-corrected chi connectivity index (χ0v) is 13.3. The van der Waals surface area contributed by atoms with Crippen LogP contribution in [0.25, 0.3) is 0 Å². The van der Waals surface area contributed by atoms with Crippen molar-refractivity contribution in [3.05, 3.63) is 57.5 Å². The van der Waals surface area contributed by atoms with Gasteiger partial charge in [0.05, 0.1) is 11.6 Å². The summed E-state index contributed by atoms with van der Waals surface area (Å²) in [5, 5.41) is 0.651. The third-order valence-corrected chi connectivity index (χ3v) is 3.72. The molecule has 2 rings (SSSR count). The van der Waals surface area contributed by atoms with Crippen LogP contribution < -0.4 is 15.2 Å². The fraction of sp³-hybridized carbons (Fsp3) is 0.200. The average molecular weight is 357 g/mol. The van der Waals surface area contributed by atoms with Gasteiger partial charge in [-0.15, -0.1) is 0 Å². The molecule has 0 aliphatic carbocycles. The Morgan fingerprint density at radius 1 is 1.20 bits per heavy atom. The van der Waals surface area contributed by atoms with Gasteiger partial charge in [0.25, 0.3) is 0 Å². The molecular formula is C15H15BrClNO2. The Hall–Kier alpha value is -1.23. The first-order valence-corrected chi connectivity index (χ1v) is 7.27. The molecule has 0 bridgehead atoms. The van der Waals surface area contributed by atoms with E-state index in [-0.39, 0.29) is 6.10 Å². The summed E-state index contributed by atoms with van der Waals surface area (Å²) in [6.45, 7) is 0.376. The van der Waals surface area contributed by atoms with Crippen molar-refractivity contribution in [2.45, 2.75) is 6.10 Å². The number of nitrogens with two attached hydrogens (primary N) is 1. The van der Waals surface area contributed by atoms with E-state index in [1.54, 1.807) is 19.2 Å². The highest BCUT2D eigenvalue weighted by molar-refractivity contribution is 9.10. The van der Waals surface area contributed by atoms with Gasteiger partial charge in [0.15, 0.2) is 0 Å². The van der Waals surface area contributed by atoms with Gasteiger partial charge >= 0.3 is 0 Å². The highest BCUT2D eigenvalue weighted by Crippen LogP contribution is 2.31. The standard InChI is InChI=1S/C15H15BrClNO2/c1-19-12-5-2-10(3-6-12)15(9-18)20-14-7-4-11(17)8-13(14)16/h2-8,15H,9,18H2,1H3. The molecule has 2 N–H and O–H groups in total. The van der Waals surface area contributed by atoms with E-state index in [0.29, 0.717) is 17.3 Å². The van der Waals surface area contributed by atoms with E-state index < -0.39 is 0 Å². The van der Waals surface area contributed by atoms with Gasteiger partial charge in [-0.05, 0) is 51.8 Å². The highest BCUT2D eigenvalue weighted by atomic mass is 79.9. The molecule has 0 saturated heterocycles. The summed E-state index contributed by atoms with van der Waals surface area (Å²) in [6, 6.07) is 13.1. The third-order valence-electron chi connectivity index (χ3n) is 2.86. The summed E-state index contributed by atoms with van der Waals surface area (Å²) in [7, 11) is 1.64. The van der Waals surface area contributed by atoms with E-state index >= 15 is 0 Å². The molecule has 1 atom stereocenters. The Labute approximate surface area is 131 Å². The first kappa shape index (κ1) is 15.2. The van der Waals surface area contributed by atoms with Crippen LogP contribution in [0.3, 0.4) is 0 Å². The van der Waals surface area contributed by atoms with Crippen LogP contribution in [0.15, 0.2) is 46.9 Å². The summed E-state index contributed by atoms with van der Waals surface area (Å²) < 4.78 is 11.9.